The van der Waals surface area contributed by atoms with Crippen LogP contribution in [0.5, 0.6) is 0 Å². The van der Waals surface area contributed by atoms with E-state index < -0.39 is 18.0 Å². The molecule has 0 fully saturated rings. The summed E-state index contributed by atoms with van der Waals surface area (Å²) in [5.74, 6) is 0.347. The second-order valence-corrected chi connectivity index (χ2v) is 6.57. The summed E-state index contributed by atoms with van der Waals surface area (Å²) in [6, 6.07) is 8.29. The number of ether oxygens (including phenoxy) is 1. The highest BCUT2D eigenvalue weighted by molar-refractivity contribution is 7.10. The summed E-state index contributed by atoms with van der Waals surface area (Å²) in [6.45, 7) is 5.95. The molecule has 1 aromatic heterocycles. The fraction of sp³-hybridized carbons (Fsp3) is 0.412. The zero-order valence-corrected chi connectivity index (χ0v) is 15.3. The third-order valence-corrected chi connectivity index (χ3v) is 3.89. The highest BCUT2D eigenvalue weighted by atomic mass is 32.1. The normalized spacial score (nSPS) is 11.8. The first-order valence-electron chi connectivity index (χ1n) is 8.12. The molecule has 2 N–H and O–H groups in total. The lowest BCUT2D eigenvalue weighted by molar-refractivity contribution is -0.145. The quantitative estimate of drug-likeness (QED) is 0.737. The number of benzene rings is 1. The SMILES string of the molecule is CCOC(=O)C(CC(C)C)NC(=O)Nc1nc(-c2ccccc2)ns1. The van der Waals surface area contributed by atoms with E-state index in [9.17, 15) is 9.59 Å². The molecule has 7 nitrogen and oxygen atoms in total. The Bertz CT molecular complexity index is 703. The van der Waals surface area contributed by atoms with E-state index in [0.717, 1.165) is 17.1 Å². The summed E-state index contributed by atoms with van der Waals surface area (Å²) in [4.78, 5) is 28.4. The Balaban J connectivity index is 1.98. The van der Waals surface area contributed by atoms with E-state index in [1.807, 2.05) is 44.2 Å². The third kappa shape index (κ3) is 5.82. The Morgan fingerprint density at radius 3 is 2.60 bits per heavy atom. The van der Waals surface area contributed by atoms with Gasteiger partial charge in [0.15, 0.2) is 5.82 Å². The summed E-state index contributed by atoms with van der Waals surface area (Å²) >= 11 is 1.08. The van der Waals surface area contributed by atoms with Crippen LogP contribution in [0.15, 0.2) is 30.3 Å². The van der Waals surface area contributed by atoms with Crippen LogP contribution in [-0.4, -0.2) is 34.0 Å². The first-order valence-corrected chi connectivity index (χ1v) is 8.90. The molecule has 1 unspecified atom stereocenters. The Morgan fingerprint density at radius 1 is 1.24 bits per heavy atom. The van der Waals surface area contributed by atoms with Gasteiger partial charge >= 0.3 is 12.0 Å². The van der Waals surface area contributed by atoms with Crippen molar-refractivity contribution in [3.63, 3.8) is 0 Å². The Morgan fingerprint density at radius 2 is 1.96 bits per heavy atom. The van der Waals surface area contributed by atoms with Crippen LogP contribution >= 0.6 is 11.5 Å². The van der Waals surface area contributed by atoms with Gasteiger partial charge in [-0.25, -0.2) is 9.59 Å². The lowest BCUT2D eigenvalue weighted by Crippen LogP contribution is -2.44. The number of rotatable bonds is 7. The molecule has 2 aromatic rings. The van der Waals surface area contributed by atoms with E-state index in [0.29, 0.717) is 17.4 Å². The summed E-state index contributed by atoms with van der Waals surface area (Å²) in [5.41, 5.74) is 0.872. The second kappa shape index (κ2) is 9.12. The van der Waals surface area contributed by atoms with Gasteiger partial charge in [0.05, 0.1) is 6.61 Å². The molecule has 2 amide bonds. The topological polar surface area (TPSA) is 93.2 Å². The molecule has 0 aliphatic rings. The number of aromatic nitrogens is 2. The van der Waals surface area contributed by atoms with Crippen LogP contribution < -0.4 is 10.6 Å². The highest BCUT2D eigenvalue weighted by Gasteiger charge is 2.23. The first kappa shape index (κ1) is 18.9. The maximum Gasteiger partial charge on any atom is 0.328 e. The predicted octanol–water partition coefficient (Wildman–Crippen LogP) is 3.30. The van der Waals surface area contributed by atoms with Gasteiger partial charge in [0.1, 0.15) is 6.04 Å². The minimum Gasteiger partial charge on any atom is -0.464 e. The smallest absolute Gasteiger partial charge is 0.328 e. The van der Waals surface area contributed by atoms with Crippen LogP contribution in [0.1, 0.15) is 27.2 Å². The highest BCUT2D eigenvalue weighted by Crippen LogP contribution is 2.20. The number of carbonyl (C=O) groups is 2. The molecule has 134 valence electrons. The van der Waals surface area contributed by atoms with E-state index in [4.69, 9.17) is 4.74 Å². The number of nitrogens with one attached hydrogen (secondary N) is 2. The molecule has 25 heavy (non-hydrogen) atoms. The van der Waals surface area contributed by atoms with Crippen molar-refractivity contribution in [2.24, 2.45) is 5.92 Å². The largest absolute Gasteiger partial charge is 0.464 e. The summed E-state index contributed by atoms with van der Waals surface area (Å²) in [5, 5.41) is 5.63. The number of esters is 1. The lowest BCUT2D eigenvalue weighted by Gasteiger charge is -2.18. The monoisotopic (exact) mass is 362 g/mol. The Kier molecular flexibility index (Phi) is 6.88. The van der Waals surface area contributed by atoms with Crippen LogP contribution in [-0.2, 0) is 9.53 Å². The first-order chi connectivity index (χ1) is 12.0. The molecule has 1 aromatic carbocycles. The molecule has 8 heteroatoms. The molecular weight excluding hydrogens is 340 g/mol. The van der Waals surface area contributed by atoms with Gasteiger partial charge in [-0.2, -0.15) is 9.36 Å². The molecule has 0 aliphatic heterocycles. The van der Waals surface area contributed by atoms with Gasteiger partial charge in [0, 0.05) is 17.1 Å². The maximum absolute atomic E-state index is 12.2. The van der Waals surface area contributed by atoms with Crippen molar-refractivity contribution < 1.29 is 14.3 Å². The van der Waals surface area contributed by atoms with Gasteiger partial charge in [0.2, 0.25) is 5.13 Å². The van der Waals surface area contributed by atoms with Crippen molar-refractivity contribution in [2.75, 3.05) is 11.9 Å². The average Bonchev–Trinajstić information content (AvgIpc) is 3.03. The summed E-state index contributed by atoms with van der Waals surface area (Å²) in [6.07, 6.45) is 0.498. The number of nitrogens with zero attached hydrogens (tertiary/aromatic N) is 2. The zero-order chi connectivity index (χ0) is 18.2. The van der Waals surface area contributed by atoms with Crippen LogP contribution in [0.3, 0.4) is 0 Å². The van der Waals surface area contributed by atoms with Crippen molar-refractivity contribution >= 4 is 28.7 Å². The molecule has 1 heterocycles. The summed E-state index contributed by atoms with van der Waals surface area (Å²) in [7, 11) is 0. The van der Waals surface area contributed by atoms with Crippen molar-refractivity contribution in [1.82, 2.24) is 14.7 Å². The van der Waals surface area contributed by atoms with Crippen LogP contribution in [0.4, 0.5) is 9.93 Å². The van der Waals surface area contributed by atoms with Gasteiger partial charge in [-0.1, -0.05) is 44.2 Å². The van der Waals surface area contributed by atoms with E-state index in [2.05, 4.69) is 20.0 Å². The number of hydrogen-bond donors (Lipinski definition) is 2. The van der Waals surface area contributed by atoms with Crippen molar-refractivity contribution in [3.8, 4) is 11.4 Å². The molecule has 0 saturated heterocycles. The van der Waals surface area contributed by atoms with E-state index >= 15 is 0 Å². The predicted molar refractivity (Wildman–Crippen MR) is 97.4 cm³/mol. The minimum atomic E-state index is -0.693. The fourth-order valence-corrected chi connectivity index (χ4v) is 2.78. The molecule has 0 spiro atoms. The number of carbonyl (C=O) groups excluding carboxylic acids is 2. The van der Waals surface area contributed by atoms with Crippen LogP contribution in [0.2, 0.25) is 0 Å². The fourth-order valence-electron chi connectivity index (χ4n) is 2.20. The molecule has 0 radical (unpaired) electrons. The summed E-state index contributed by atoms with van der Waals surface area (Å²) < 4.78 is 9.24. The Labute approximate surface area is 151 Å². The van der Waals surface area contributed by atoms with Gasteiger partial charge in [0.25, 0.3) is 0 Å². The second-order valence-electron chi connectivity index (χ2n) is 5.82. The van der Waals surface area contributed by atoms with E-state index in [1.54, 1.807) is 6.92 Å². The van der Waals surface area contributed by atoms with Crippen molar-refractivity contribution in [3.05, 3.63) is 30.3 Å². The number of hydrogen-bond acceptors (Lipinski definition) is 6. The number of anilines is 1. The lowest BCUT2D eigenvalue weighted by atomic mass is 10.0. The maximum atomic E-state index is 12.2. The van der Waals surface area contributed by atoms with Gasteiger partial charge in [-0.3, -0.25) is 5.32 Å². The molecule has 1 atom stereocenters. The van der Waals surface area contributed by atoms with Crippen molar-refractivity contribution in [2.45, 2.75) is 33.2 Å². The van der Waals surface area contributed by atoms with Crippen LogP contribution in [0.25, 0.3) is 11.4 Å². The Hall–Kier alpha value is -2.48. The van der Waals surface area contributed by atoms with Gasteiger partial charge < -0.3 is 10.1 Å². The number of amides is 2. The molecule has 2 rings (SSSR count). The average molecular weight is 362 g/mol. The molecular formula is C17H22N4O3S. The molecule has 0 saturated carbocycles. The molecule has 0 bridgehead atoms. The standard InChI is InChI=1S/C17H22N4O3S/c1-4-24-15(22)13(10-11(2)3)18-16(23)20-17-19-14(21-25-17)12-8-6-5-7-9-12/h5-9,11,13H,4,10H2,1-3H3,(H2,18,19,20,21,23). The third-order valence-electron chi connectivity index (χ3n) is 3.26. The van der Waals surface area contributed by atoms with Gasteiger partial charge in [-0.15, -0.1) is 0 Å². The van der Waals surface area contributed by atoms with E-state index in [1.165, 1.54) is 0 Å². The zero-order valence-electron chi connectivity index (χ0n) is 14.5. The van der Waals surface area contributed by atoms with Crippen LogP contribution in [0, 0.1) is 5.92 Å². The van der Waals surface area contributed by atoms with E-state index in [-0.39, 0.29) is 12.5 Å². The number of urea groups is 1. The molecule has 0 aliphatic carbocycles. The van der Waals surface area contributed by atoms with Crippen molar-refractivity contribution in [1.29, 1.82) is 0 Å². The minimum absolute atomic E-state index is 0.237. The van der Waals surface area contributed by atoms with Gasteiger partial charge in [-0.05, 0) is 19.3 Å².